The van der Waals surface area contributed by atoms with Crippen molar-refractivity contribution in [2.45, 2.75) is 25.8 Å². The number of amides is 1. The van der Waals surface area contributed by atoms with Gasteiger partial charge in [0, 0.05) is 11.7 Å². The molecule has 1 aliphatic rings. The minimum atomic E-state index is -0.0791. The van der Waals surface area contributed by atoms with E-state index >= 15 is 0 Å². The van der Waals surface area contributed by atoms with Crippen LogP contribution in [0.5, 0.6) is 0 Å². The number of carbonyl (C=O) groups is 1. The van der Waals surface area contributed by atoms with Crippen molar-refractivity contribution >= 4 is 11.6 Å². The van der Waals surface area contributed by atoms with Crippen LogP contribution in [0.3, 0.4) is 0 Å². The molecule has 3 heteroatoms. The summed E-state index contributed by atoms with van der Waals surface area (Å²) in [4.78, 5) is 13.6. The lowest BCUT2D eigenvalue weighted by atomic mass is 10.1. The topological polar surface area (TPSA) is 40.5 Å². The largest absolute Gasteiger partial charge is 0.396 e. The minimum absolute atomic E-state index is 0.00921. The lowest BCUT2D eigenvalue weighted by molar-refractivity contribution is -0.119. The van der Waals surface area contributed by atoms with Crippen LogP contribution in [0.15, 0.2) is 24.3 Å². The minimum Gasteiger partial charge on any atom is -0.396 e. The second-order valence-corrected chi connectivity index (χ2v) is 3.92. The Balaban J connectivity index is 2.29. The number of para-hydroxylation sites is 1. The zero-order valence-electron chi connectivity index (χ0n) is 8.81. The molecule has 0 aromatic heterocycles. The van der Waals surface area contributed by atoms with Gasteiger partial charge in [-0.15, -0.1) is 0 Å². The first-order valence-corrected chi connectivity index (χ1v) is 5.25. The van der Waals surface area contributed by atoms with Crippen molar-refractivity contribution in [1.29, 1.82) is 0 Å². The molecule has 1 N–H and O–H groups in total. The maximum absolute atomic E-state index is 11.8. The lowest BCUT2D eigenvalue weighted by Crippen LogP contribution is -2.36. The van der Waals surface area contributed by atoms with E-state index in [2.05, 4.69) is 6.07 Å². The smallest absolute Gasteiger partial charge is 0.229 e. The first kappa shape index (κ1) is 10.2. The van der Waals surface area contributed by atoms with Crippen molar-refractivity contribution in [1.82, 2.24) is 0 Å². The average Bonchev–Trinajstić information content (AvgIpc) is 2.54. The summed E-state index contributed by atoms with van der Waals surface area (Å²) in [6, 6.07) is 8.16. The van der Waals surface area contributed by atoms with E-state index in [1.54, 1.807) is 4.90 Å². The SMILES string of the molecule is CC1Cc2ccccc2N1C(=O)CCO. The Labute approximate surface area is 89.3 Å². The molecule has 80 valence electrons. The molecule has 1 heterocycles. The molecule has 1 aromatic rings. The molecule has 1 unspecified atom stereocenters. The van der Waals surface area contributed by atoms with Crippen molar-refractivity contribution in [3.63, 3.8) is 0 Å². The van der Waals surface area contributed by atoms with Crippen molar-refractivity contribution in [3.05, 3.63) is 29.8 Å². The van der Waals surface area contributed by atoms with Gasteiger partial charge in [0.25, 0.3) is 0 Å². The van der Waals surface area contributed by atoms with E-state index in [0.717, 1.165) is 12.1 Å². The number of fused-ring (bicyclic) bond motifs is 1. The fraction of sp³-hybridized carbons (Fsp3) is 0.417. The number of aliphatic hydroxyl groups excluding tert-OH is 1. The molecule has 0 bridgehead atoms. The predicted molar refractivity (Wildman–Crippen MR) is 58.8 cm³/mol. The molecule has 0 saturated carbocycles. The monoisotopic (exact) mass is 205 g/mol. The third kappa shape index (κ3) is 1.75. The zero-order valence-corrected chi connectivity index (χ0v) is 8.81. The number of aliphatic hydroxyl groups is 1. The maximum atomic E-state index is 11.8. The van der Waals surface area contributed by atoms with E-state index in [0.29, 0.717) is 0 Å². The van der Waals surface area contributed by atoms with Crippen LogP contribution < -0.4 is 4.90 Å². The number of benzene rings is 1. The van der Waals surface area contributed by atoms with Crippen LogP contribution in [0.25, 0.3) is 0 Å². The van der Waals surface area contributed by atoms with Gasteiger partial charge in [0.2, 0.25) is 5.91 Å². The Hall–Kier alpha value is -1.35. The molecule has 3 nitrogen and oxygen atoms in total. The molecule has 0 fully saturated rings. The van der Waals surface area contributed by atoms with E-state index < -0.39 is 0 Å². The Morgan fingerprint density at radius 1 is 1.53 bits per heavy atom. The van der Waals surface area contributed by atoms with E-state index in [9.17, 15) is 4.79 Å². The molecule has 1 aromatic carbocycles. The summed E-state index contributed by atoms with van der Waals surface area (Å²) in [5.41, 5.74) is 2.22. The second kappa shape index (κ2) is 4.03. The van der Waals surface area contributed by atoms with Crippen molar-refractivity contribution < 1.29 is 9.90 Å². The van der Waals surface area contributed by atoms with Crippen LogP contribution >= 0.6 is 0 Å². The van der Waals surface area contributed by atoms with Crippen LogP contribution in [0.1, 0.15) is 18.9 Å². The van der Waals surface area contributed by atoms with Gasteiger partial charge in [0.15, 0.2) is 0 Å². The summed E-state index contributed by atoms with van der Waals surface area (Å²) in [6.07, 6.45) is 1.12. The summed E-state index contributed by atoms with van der Waals surface area (Å²) >= 11 is 0. The first-order chi connectivity index (χ1) is 7.24. The normalized spacial score (nSPS) is 19.1. The highest BCUT2D eigenvalue weighted by molar-refractivity contribution is 5.96. The Kier molecular flexibility index (Phi) is 2.73. The predicted octanol–water partition coefficient (Wildman–Crippen LogP) is 1.35. The molecule has 0 saturated heterocycles. The number of carbonyl (C=O) groups excluding carboxylic acids is 1. The van der Waals surface area contributed by atoms with Gasteiger partial charge in [-0.2, -0.15) is 0 Å². The lowest BCUT2D eigenvalue weighted by Gasteiger charge is -2.22. The third-order valence-corrected chi connectivity index (χ3v) is 2.80. The number of nitrogens with zero attached hydrogens (tertiary/aromatic N) is 1. The van der Waals surface area contributed by atoms with Gasteiger partial charge in [-0.05, 0) is 25.0 Å². The highest BCUT2D eigenvalue weighted by Crippen LogP contribution is 2.31. The van der Waals surface area contributed by atoms with Gasteiger partial charge in [0.1, 0.15) is 0 Å². The fourth-order valence-corrected chi connectivity index (χ4v) is 2.16. The Bertz CT molecular complexity index is 376. The molecule has 0 radical (unpaired) electrons. The summed E-state index contributed by atoms with van der Waals surface area (Å²) < 4.78 is 0. The molecule has 1 aliphatic heterocycles. The van der Waals surface area contributed by atoms with E-state index in [4.69, 9.17) is 5.11 Å². The van der Waals surface area contributed by atoms with E-state index in [1.165, 1.54) is 5.56 Å². The van der Waals surface area contributed by atoms with Crippen LogP contribution in [0, 0.1) is 0 Å². The molecule has 0 aliphatic carbocycles. The first-order valence-electron chi connectivity index (χ1n) is 5.25. The van der Waals surface area contributed by atoms with Crippen molar-refractivity contribution in [3.8, 4) is 0 Å². The van der Waals surface area contributed by atoms with Crippen molar-refractivity contribution in [2.75, 3.05) is 11.5 Å². The number of hydrogen-bond acceptors (Lipinski definition) is 2. The summed E-state index contributed by atoms with van der Waals surface area (Å²) in [7, 11) is 0. The summed E-state index contributed by atoms with van der Waals surface area (Å²) in [5.74, 6) is 0.00921. The summed E-state index contributed by atoms with van der Waals surface area (Å²) in [6.45, 7) is 1.96. The average molecular weight is 205 g/mol. The van der Waals surface area contributed by atoms with Gasteiger partial charge in [-0.1, -0.05) is 18.2 Å². The molecule has 1 amide bonds. The molecular weight excluding hydrogens is 190 g/mol. The molecule has 2 rings (SSSR count). The van der Waals surface area contributed by atoms with E-state index in [1.807, 2.05) is 25.1 Å². The molecular formula is C12H15NO2. The maximum Gasteiger partial charge on any atom is 0.229 e. The Morgan fingerprint density at radius 3 is 3.00 bits per heavy atom. The highest BCUT2D eigenvalue weighted by Gasteiger charge is 2.29. The number of hydrogen-bond donors (Lipinski definition) is 1. The van der Waals surface area contributed by atoms with Crippen LogP contribution in [0.2, 0.25) is 0 Å². The molecule has 1 atom stereocenters. The van der Waals surface area contributed by atoms with Crippen LogP contribution in [-0.2, 0) is 11.2 Å². The number of rotatable bonds is 2. The van der Waals surface area contributed by atoms with Gasteiger partial charge in [-0.25, -0.2) is 0 Å². The molecule has 0 spiro atoms. The molecule has 15 heavy (non-hydrogen) atoms. The van der Waals surface area contributed by atoms with Gasteiger partial charge in [-0.3, -0.25) is 4.79 Å². The fourth-order valence-electron chi connectivity index (χ4n) is 2.16. The van der Waals surface area contributed by atoms with Gasteiger partial charge in [0.05, 0.1) is 13.0 Å². The van der Waals surface area contributed by atoms with Gasteiger partial charge >= 0.3 is 0 Å². The number of anilines is 1. The second-order valence-electron chi connectivity index (χ2n) is 3.92. The Morgan fingerprint density at radius 2 is 2.27 bits per heavy atom. The third-order valence-electron chi connectivity index (χ3n) is 2.80. The highest BCUT2D eigenvalue weighted by atomic mass is 16.3. The standard InChI is InChI=1S/C12H15NO2/c1-9-8-10-4-2-3-5-11(10)13(9)12(15)6-7-14/h2-5,9,14H,6-8H2,1H3. The zero-order chi connectivity index (χ0) is 10.8. The van der Waals surface area contributed by atoms with Crippen LogP contribution in [-0.4, -0.2) is 23.7 Å². The summed E-state index contributed by atoms with van der Waals surface area (Å²) in [5, 5.41) is 8.78. The quantitative estimate of drug-likeness (QED) is 0.791. The van der Waals surface area contributed by atoms with E-state index in [-0.39, 0.29) is 25.0 Å². The van der Waals surface area contributed by atoms with Gasteiger partial charge < -0.3 is 10.0 Å². The van der Waals surface area contributed by atoms with Crippen molar-refractivity contribution in [2.24, 2.45) is 0 Å². The van der Waals surface area contributed by atoms with Crippen LogP contribution in [0.4, 0.5) is 5.69 Å².